The zero-order valence-electron chi connectivity index (χ0n) is 10.7. The largest absolute Gasteiger partial charge is 0.493 e. The molecule has 1 aliphatic carbocycles. The van der Waals surface area contributed by atoms with E-state index in [1.165, 1.54) is 18.4 Å². The first-order valence-electron chi connectivity index (χ1n) is 6.34. The molecule has 1 saturated carbocycles. The molecule has 2 rings (SSSR count). The molecular formula is C14H21NO2. The maximum Gasteiger partial charge on any atom is 0.165 e. The van der Waals surface area contributed by atoms with E-state index in [1.807, 2.05) is 19.1 Å². The Kier molecular flexibility index (Phi) is 4.26. The van der Waals surface area contributed by atoms with Crippen LogP contribution >= 0.6 is 0 Å². The Morgan fingerprint density at radius 1 is 1.35 bits per heavy atom. The summed E-state index contributed by atoms with van der Waals surface area (Å²) in [5, 5.41) is 3.47. The van der Waals surface area contributed by atoms with Gasteiger partial charge in [-0.1, -0.05) is 12.1 Å². The Morgan fingerprint density at radius 3 is 2.82 bits per heavy atom. The van der Waals surface area contributed by atoms with Gasteiger partial charge in [0.25, 0.3) is 0 Å². The van der Waals surface area contributed by atoms with E-state index in [2.05, 4.69) is 11.4 Å². The van der Waals surface area contributed by atoms with Crippen LogP contribution < -0.4 is 14.8 Å². The maximum absolute atomic E-state index is 5.56. The van der Waals surface area contributed by atoms with Crippen molar-refractivity contribution in [3.05, 3.63) is 23.8 Å². The zero-order chi connectivity index (χ0) is 12.1. The van der Waals surface area contributed by atoms with Gasteiger partial charge in [-0.3, -0.25) is 0 Å². The van der Waals surface area contributed by atoms with Crippen molar-refractivity contribution in [2.75, 3.05) is 20.3 Å². The van der Waals surface area contributed by atoms with Crippen molar-refractivity contribution >= 4 is 0 Å². The number of para-hydroxylation sites is 1. The van der Waals surface area contributed by atoms with Gasteiger partial charge in [0.1, 0.15) is 0 Å². The molecule has 1 N–H and O–H groups in total. The number of ether oxygens (including phenoxy) is 2. The fourth-order valence-electron chi connectivity index (χ4n) is 1.93. The van der Waals surface area contributed by atoms with Gasteiger partial charge >= 0.3 is 0 Å². The average Bonchev–Trinajstić information content (AvgIpc) is 3.14. The van der Waals surface area contributed by atoms with Crippen molar-refractivity contribution in [3.8, 4) is 11.5 Å². The van der Waals surface area contributed by atoms with E-state index in [0.717, 1.165) is 30.5 Å². The molecule has 0 aliphatic heterocycles. The van der Waals surface area contributed by atoms with Gasteiger partial charge < -0.3 is 14.8 Å². The minimum atomic E-state index is 0.662. The summed E-state index contributed by atoms with van der Waals surface area (Å²) in [6.45, 7) is 4.61. The van der Waals surface area contributed by atoms with Crippen LogP contribution in [0.1, 0.15) is 25.3 Å². The molecule has 0 aromatic heterocycles. The first-order chi connectivity index (χ1) is 8.35. The summed E-state index contributed by atoms with van der Waals surface area (Å²) in [7, 11) is 1.70. The van der Waals surface area contributed by atoms with Crippen molar-refractivity contribution < 1.29 is 9.47 Å². The Balaban J connectivity index is 1.99. The Hall–Kier alpha value is -1.22. The fraction of sp³-hybridized carbons (Fsp3) is 0.571. The minimum absolute atomic E-state index is 0.662. The van der Waals surface area contributed by atoms with E-state index in [9.17, 15) is 0 Å². The third-order valence-electron chi connectivity index (χ3n) is 3.01. The van der Waals surface area contributed by atoms with E-state index in [1.54, 1.807) is 7.11 Å². The van der Waals surface area contributed by atoms with Gasteiger partial charge in [-0.05, 0) is 38.3 Å². The summed E-state index contributed by atoms with van der Waals surface area (Å²) in [5.41, 5.74) is 1.17. The fourth-order valence-corrected chi connectivity index (χ4v) is 1.93. The summed E-state index contributed by atoms with van der Waals surface area (Å²) in [5.74, 6) is 2.59. The number of nitrogens with one attached hydrogen (secondary N) is 1. The van der Waals surface area contributed by atoms with Gasteiger partial charge in [-0.15, -0.1) is 0 Å². The third kappa shape index (κ3) is 3.37. The number of rotatable bonds is 7. The van der Waals surface area contributed by atoms with E-state index in [-0.39, 0.29) is 0 Å². The van der Waals surface area contributed by atoms with Crippen LogP contribution in [0.5, 0.6) is 11.5 Å². The van der Waals surface area contributed by atoms with Crippen LogP contribution in [0, 0.1) is 5.92 Å². The molecule has 3 heteroatoms. The second kappa shape index (κ2) is 5.92. The molecule has 17 heavy (non-hydrogen) atoms. The summed E-state index contributed by atoms with van der Waals surface area (Å²) < 4.78 is 11.0. The molecule has 1 aromatic carbocycles. The summed E-state index contributed by atoms with van der Waals surface area (Å²) in [4.78, 5) is 0. The van der Waals surface area contributed by atoms with Crippen molar-refractivity contribution in [1.82, 2.24) is 5.32 Å². The van der Waals surface area contributed by atoms with E-state index < -0.39 is 0 Å². The van der Waals surface area contributed by atoms with Crippen molar-refractivity contribution in [2.45, 2.75) is 26.3 Å². The maximum atomic E-state index is 5.56. The molecule has 0 saturated heterocycles. The van der Waals surface area contributed by atoms with E-state index in [0.29, 0.717) is 6.61 Å². The van der Waals surface area contributed by atoms with E-state index >= 15 is 0 Å². The normalized spacial score (nSPS) is 14.7. The van der Waals surface area contributed by atoms with E-state index in [4.69, 9.17) is 9.47 Å². The Labute approximate surface area is 103 Å². The average molecular weight is 235 g/mol. The highest BCUT2D eigenvalue weighted by Crippen LogP contribution is 2.31. The Morgan fingerprint density at radius 2 is 2.18 bits per heavy atom. The highest BCUT2D eigenvalue weighted by Gasteiger charge is 2.20. The zero-order valence-corrected chi connectivity index (χ0v) is 10.7. The standard InChI is InChI=1S/C14H21NO2/c1-3-17-13-6-4-5-12(14(13)16-2)10-15-9-11-7-8-11/h4-6,11,15H,3,7-10H2,1-2H3. The monoisotopic (exact) mass is 235 g/mol. The molecule has 0 radical (unpaired) electrons. The lowest BCUT2D eigenvalue weighted by molar-refractivity contribution is 0.308. The lowest BCUT2D eigenvalue weighted by Gasteiger charge is -2.14. The second-order valence-corrected chi connectivity index (χ2v) is 4.46. The van der Waals surface area contributed by atoms with Gasteiger partial charge in [-0.25, -0.2) is 0 Å². The first kappa shape index (κ1) is 12.2. The third-order valence-corrected chi connectivity index (χ3v) is 3.01. The van der Waals surface area contributed by atoms with Crippen LogP contribution in [0.2, 0.25) is 0 Å². The van der Waals surface area contributed by atoms with Crippen LogP contribution in [0.4, 0.5) is 0 Å². The SMILES string of the molecule is CCOc1cccc(CNCC2CC2)c1OC. The molecule has 0 heterocycles. The molecule has 0 spiro atoms. The highest BCUT2D eigenvalue weighted by molar-refractivity contribution is 5.46. The topological polar surface area (TPSA) is 30.5 Å². The lowest BCUT2D eigenvalue weighted by atomic mass is 10.2. The molecule has 1 fully saturated rings. The quantitative estimate of drug-likeness (QED) is 0.788. The van der Waals surface area contributed by atoms with Crippen LogP contribution in [0.25, 0.3) is 0 Å². The molecule has 0 amide bonds. The predicted molar refractivity (Wildman–Crippen MR) is 68.6 cm³/mol. The van der Waals surface area contributed by atoms with Crippen molar-refractivity contribution in [1.29, 1.82) is 0 Å². The van der Waals surface area contributed by atoms with Crippen LogP contribution in [-0.2, 0) is 6.54 Å². The van der Waals surface area contributed by atoms with Crippen molar-refractivity contribution in [2.24, 2.45) is 5.92 Å². The minimum Gasteiger partial charge on any atom is -0.493 e. The number of methoxy groups -OCH3 is 1. The molecule has 94 valence electrons. The smallest absolute Gasteiger partial charge is 0.165 e. The van der Waals surface area contributed by atoms with Crippen LogP contribution in [0.15, 0.2) is 18.2 Å². The number of hydrogen-bond acceptors (Lipinski definition) is 3. The van der Waals surface area contributed by atoms with Gasteiger partial charge in [0, 0.05) is 12.1 Å². The molecule has 0 unspecified atom stereocenters. The van der Waals surface area contributed by atoms with Gasteiger partial charge in [-0.2, -0.15) is 0 Å². The van der Waals surface area contributed by atoms with Crippen LogP contribution in [-0.4, -0.2) is 20.3 Å². The molecule has 0 atom stereocenters. The van der Waals surface area contributed by atoms with Gasteiger partial charge in [0.2, 0.25) is 0 Å². The first-order valence-corrected chi connectivity index (χ1v) is 6.34. The molecule has 1 aliphatic rings. The van der Waals surface area contributed by atoms with Crippen molar-refractivity contribution in [3.63, 3.8) is 0 Å². The Bertz CT molecular complexity index is 361. The second-order valence-electron chi connectivity index (χ2n) is 4.46. The molecular weight excluding hydrogens is 214 g/mol. The van der Waals surface area contributed by atoms with Crippen LogP contribution in [0.3, 0.4) is 0 Å². The lowest BCUT2D eigenvalue weighted by Crippen LogP contribution is -2.16. The van der Waals surface area contributed by atoms with Gasteiger partial charge in [0.15, 0.2) is 11.5 Å². The molecule has 1 aromatic rings. The summed E-state index contributed by atoms with van der Waals surface area (Å²) >= 11 is 0. The highest BCUT2D eigenvalue weighted by atomic mass is 16.5. The number of hydrogen-bond donors (Lipinski definition) is 1. The predicted octanol–water partition coefficient (Wildman–Crippen LogP) is 2.59. The number of benzene rings is 1. The summed E-state index contributed by atoms with van der Waals surface area (Å²) in [6, 6.07) is 6.05. The van der Waals surface area contributed by atoms with Gasteiger partial charge in [0.05, 0.1) is 13.7 Å². The molecule has 0 bridgehead atoms. The molecule has 3 nitrogen and oxygen atoms in total. The summed E-state index contributed by atoms with van der Waals surface area (Å²) in [6.07, 6.45) is 2.76.